The number of anilines is 1. The molecule has 0 atom stereocenters. The first-order chi connectivity index (χ1) is 13.5. The summed E-state index contributed by atoms with van der Waals surface area (Å²) in [7, 11) is 5.57. The van der Waals surface area contributed by atoms with Crippen molar-refractivity contribution >= 4 is 62.7 Å². The van der Waals surface area contributed by atoms with Gasteiger partial charge in [-0.1, -0.05) is 47.2 Å². The molecule has 2 aromatic carbocycles. The van der Waals surface area contributed by atoms with E-state index in [1.807, 2.05) is 55.4 Å². The number of fused-ring (bicyclic) bond motifs is 1. The summed E-state index contributed by atoms with van der Waals surface area (Å²) in [5, 5.41) is 1.26. The molecule has 1 amide bonds. The first-order valence-electron chi connectivity index (χ1n) is 8.82. The van der Waals surface area contributed by atoms with E-state index >= 15 is 0 Å². The van der Waals surface area contributed by atoms with Gasteiger partial charge in [0.1, 0.15) is 11.3 Å². The highest BCUT2D eigenvalue weighted by atomic mass is 35.5. The zero-order valence-corrected chi connectivity index (χ0v) is 18.9. The molecular formula is C21H23Cl2N3O2S. The molecule has 0 saturated carbocycles. The molecule has 3 aromatic rings. The van der Waals surface area contributed by atoms with E-state index in [0.29, 0.717) is 22.4 Å². The van der Waals surface area contributed by atoms with Gasteiger partial charge in [0.25, 0.3) is 5.91 Å². The topological polar surface area (TPSA) is 45.7 Å². The van der Waals surface area contributed by atoms with Crippen molar-refractivity contribution < 1.29 is 9.53 Å². The van der Waals surface area contributed by atoms with Gasteiger partial charge in [-0.25, -0.2) is 4.98 Å². The Morgan fingerprint density at radius 3 is 2.62 bits per heavy atom. The first kappa shape index (κ1) is 23.2. The van der Waals surface area contributed by atoms with Gasteiger partial charge in [-0.15, -0.1) is 12.4 Å². The maximum absolute atomic E-state index is 13.0. The Kier molecular flexibility index (Phi) is 8.46. The number of amides is 1. The maximum atomic E-state index is 13.0. The largest absolute Gasteiger partial charge is 0.494 e. The van der Waals surface area contributed by atoms with E-state index < -0.39 is 0 Å². The van der Waals surface area contributed by atoms with Gasteiger partial charge in [0.05, 0.1) is 11.8 Å². The number of rotatable bonds is 7. The van der Waals surface area contributed by atoms with Crippen LogP contribution in [0.1, 0.15) is 5.56 Å². The smallest absolute Gasteiger partial charge is 0.252 e. The highest BCUT2D eigenvalue weighted by molar-refractivity contribution is 7.22. The molecule has 29 heavy (non-hydrogen) atoms. The molecule has 154 valence electrons. The van der Waals surface area contributed by atoms with Crippen molar-refractivity contribution in [1.82, 2.24) is 9.88 Å². The lowest BCUT2D eigenvalue weighted by atomic mass is 10.2. The van der Waals surface area contributed by atoms with Crippen molar-refractivity contribution in [2.75, 3.05) is 39.2 Å². The predicted octanol–water partition coefficient (Wildman–Crippen LogP) is 4.99. The summed E-state index contributed by atoms with van der Waals surface area (Å²) in [5.74, 6) is 0.561. The summed E-state index contributed by atoms with van der Waals surface area (Å²) in [5.41, 5.74) is 1.57. The molecule has 8 heteroatoms. The highest BCUT2D eigenvalue weighted by Gasteiger charge is 2.19. The molecule has 0 spiro atoms. The molecule has 5 nitrogen and oxygen atoms in total. The normalized spacial score (nSPS) is 11.1. The van der Waals surface area contributed by atoms with Crippen molar-refractivity contribution in [2.24, 2.45) is 0 Å². The number of aromatic nitrogens is 1. The number of halogens is 2. The molecule has 0 aliphatic carbocycles. The lowest BCUT2D eigenvalue weighted by molar-refractivity contribution is -0.114. The molecule has 0 bridgehead atoms. The van der Waals surface area contributed by atoms with Crippen LogP contribution < -0.4 is 9.64 Å². The van der Waals surface area contributed by atoms with Gasteiger partial charge in [-0.05, 0) is 43.9 Å². The average Bonchev–Trinajstić information content (AvgIpc) is 3.11. The van der Waals surface area contributed by atoms with Crippen LogP contribution in [0.5, 0.6) is 5.75 Å². The Bertz CT molecular complexity index is 1000. The molecule has 0 aliphatic heterocycles. The number of nitrogens with zero attached hydrogens (tertiary/aromatic N) is 3. The summed E-state index contributed by atoms with van der Waals surface area (Å²) < 4.78 is 6.38. The first-order valence-corrected chi connectivity index (χ1v) is 10.0. The Morgan fingerprint density at radius 2 is 1.93 bits per heavy atom. The second kappa shape index (κ2) is 10.6. The number of benzene rings is 2. The fourth-order valence-corrected chi connectivity index (χ4v) is 3.87. The molecule has 0 N–H and O–H groups in total. The van der Waals surface area contributed by atoms with E-state index in [9.17, 15) is 4.79 Å². The van der Waals surface area contributed by atoms with Gasteiger partial charge in [-0.2, -0.15) is 0 Å². The summed E-state index contributed by atoms with van der Waals surface area (Å²) in [4.78, 5) is 21.4. The second-order valence-corrected chi connectivity index (χ2v) is 7.87. The van der Waals surface area contributed by atoms with Crippen molar-refractivity contribution in [3.05, 3.63) is 59.1 Å². The molecule has 0 unspecified atom stereocenters. The fraction of sp³-hybridized carbons (Fsp3) is 0.238. The maximum Gasteiger partial charge on any atom is 0.252 e. The Labute approximate surface area is 186 Å². The van der Waals surface area contributed by atoms with Crippen molar-refractivity contribution in [3.8, 4) is 5.75 Å². The van der Waals surface area contributed by atoms with Crippen LogP contribution in [0, 0.1) is 0 Å². The SMILES string of the molecule is COc1cccc2sc(N(CCN(C)C)C(=O)C=Cc3ccccc3Cl)nc12.Cl. The minimum absolute atomic E-state index is 0. The van der Waals surface area contributed by atoms with Gasteiger partial charge < -0.3 is 9.64 Å². The van der Waals surface area contributed by atoms with Crippen LogP contribution in [0.4, 0.5) is 5.13 Å². The van der Waals surface area contributed by atoms with E-state index in [-0.39, 0.29) is 18.3 Å². The Balaban J connectivity index is 0.00000300. The van der Waals surface area contributed by atoms with Gasteiger partial charge in [-0.3, -0.25) is 9.69 Å². The number of hydrogen-bond donors (Lipinski definition) is 0. The minimum atomic E-state index is -0.139. The van der Waals surface area contributed by atoms with Crippen molar-refractivity contribution in [2.45, 2.75) is 0 Å². The number of para-hydroxylation sites is 1. The average molecular weight is 452 g/mol. The number of carbonyl (C=O) groups excluding carboxylic acids is 1. The number of likely N-dealkylation sites (N-methyl/N-ethyl adjacent to an activating group) is 1. The Morgan fingerprint density at radius 1 is 1.17 bits per heavy atom. The molecule has 0 saturated heterocycles. The molecule has 1 aromatic heterocycles. The summed E-state index contributed by atoms with van der Waals surface area (Å²) >= 11 is 7.66. The number of hydrogen-bond acceptors (Lipinski definition) is 5. The highest BCUT2D eigenvalue weighted by Crippen LogP contribution is 2.34. The van der Waals surface area contributed by atoms with E-state index in [1.54, 1.807) is 30.2 Å². The van der Waals surface area contributed by atoms with Gasteiger partial charge >= 0.3 is 0 Å². The van der Waals surface area contributed by atoms with Crippen LogP contribution in [0.2, 0.25) is 5.02 Å². The third-order valence-corrected chi connectivity index (χ3v) is 5.56. The third-order valence-electron chi connectivity index (χ3n) is 4.17. The molecular weight excluding hydrogens is 429 g/mol. The van der Waals surface area contributed by atoms with Gasteiger partial charge in [0.2, 0.25) is 0 Å². The molecule has 0 fully saturated rings. The van der Waals surface area contributed by atoms with E-state index in [2.05, 4.69) is 4.98 Å². The standard InChI is InChI=1S/C21H22ClN3O2S.ClH/c1-24(2)13-14-25(19(26)12-11-15-7-4-5-8-16(15)22)21-23-20-17(27-3)9-6-10-18(20)28-21;/h4-12H,13-14H2,1-3H3;1H. The van der Waals surface area contributed by atoms with E-state index in [1.165, 1.54) is 11.3 Å². The lowest BCUT2D eigenvalue weighted by Gasteiger charge is -2.20. The van der Waals surface area contributed by atoms with E-state index in [0.717, 1.165) is 22.3 Å². The van der Waals surface area contributed by atoms with E-state index in [4.69, 9.17) is 16.3 Å². The van der Waals surface area contributed by atoms with Crippen molar-refractivity contribution in [1.29, 1.82) is 0 Å². The zero-order chi connectivity index (χ0) is 20.1. The summed E-state index contributed by atoms with van der Waals surface area (Å²) in [6.45, 7) is 1.25. The van der Waals surface area contributed by atoms with Crippen LogP contribution in [-0.4, -0.2) is 50.1 Å². The lowest BCUT2D eigenvalue weighted by Crippen LogP contribution is -2.35. The van der Waals surface area contributed by atoms with Gasteiger partial charge in [0.15, 0.2) is 5.13 Å². The minimum Gasteiger partial charge on any atom is -0.494 e. The fourth-order valence-electron chi connectivity index (χ4n) is 2.65. The number of methoxy groups -OCH3 is 1. The third kappa shape index (κ3) is 5.70. The van der Waals surface area contributed by atoms with Crippen LogP contribution in [0.3, 0.4) is 0 Å². The zero-order valence-electron chi connectivity index (χ0n) is 16.5. The molecule has 3 rings (SSSR count). The Hall–Kier alpha value is -2.12. The molecule has 0 aliphatic rings. The van der Waals surface area contributed by atoms with Crippen LogP contribution in [0.15, 0.2) is 48.5 Å². The number of carbonyl (C=O) groups is 1. The second-order valence-electron chi connectivity index (χ2n) is 6.45. The number of thiazole rings is 1. The van der Waals surface area contributed by atoms with Crippen LogP contribution in [-0.2, 0) is 4.79 Å². The predicted molar refractivity (Wildman–Crippen MR) is 125 cm³/mol. The summed E-state index contributed by atoms with van der Waals surface area (Å²) in [6, 6.07) is 13.2. The summed E-state index contributed by atoms with van der Waals surface area (Å²) in [6.07, 6.45) is 3.28. The van der Waals surface area contributed by atoms with Crippen LogP contribution >= 0.6 is 35.3 Å². The van der Waals surface area contributed by atoms with Gasteiger partial charge in [0, 0.05) is 24.2 Å². The monoisotopic (exact) mass is 451 g/mol. The molecule has 0 radical (unpaired) electrons. The molecule has 1 heterocycles. The van der Waals surface area contributed by atoms with Crippen molar-refractivity contribution in [3.63, 3.8) is 0 Å². The number of ether oxygens (including phenoxy) is 1. The van der Waals surface area contributed by atoms with Crippen LogP contribution in [0.25, 0.3) is 16.3 Å². The quantitative estimate of drug-likeness (QED) is 0.474.